The molecule has 119 valence electrons. The Morgan fingerprint density at radius 1 is 1.14 bits per heavy atom. The topological polar surface area (TPSA) is 45.1 Å². The van der Waals surface area contributed by atoms with Gasteiger partial charge in [-0.3, -0.25) is 4.79 Å². The lowest BCUT2D eigenvalue weighted by molar-refractivity contribution is -0.425. The van der Waals surface area contributed by atoms with Crippen molar-refractivity contribution in [2.24, 2.45) is 7.05 Å². The fourth-order valence-corrected chi connectivity index (χ4v) is 1.38. The number of hydroxylamine groups is 2. The number of alkyl halides is 7. The molecule has 1 radical (unpaired) electrons. The third kappa shape index (κ3) is 2.67. The maximum atomic E-state index is 13.0. The molecule has 4 nitrogen and oxygen atoms in total. The SMILES string of the molecule is Cn1c(Cl)ccc1C(=O)N([O])C(F)(F)C(F)(F)C(F)(F)F. The Morgan fingerprint density at radius 2 is 1.62 bits per heavy atom. The highest BCUT2D eigenvalue weighted by atomic mass is 35.5. The molecule has 0 aliphatic heterocycles. The Balaban J connectivity index is 3.20. The van der Waals surface area contributed by atoms with Gasteiger partial charge in [-0.2, -0.15) is 30.7 Å². The number of nitrogens with zero attached hydrogens (tertiary/aromatic N) is 2. The molecule has 0 aliphatic rings. The average molecular weight is 342 g/mol. The second-order valence-corrected chi connectivity index (χ2v) is 4.20. The number of halogens is 8. The number of hydrogen-bond donors (Lipinski definition) is 0. The van der Waals surface area contributed by atoms with Crippen LogP contribution in [-0.2, 0) is 12.3 Å². The van der Waals surface area contributed by atoms with Crippen LogP contribution in [0.3, 0.4) is 0 Å². The summed E-state index contributed by atoms with van der Waals surface area (Å²) in [5.41, 5.74) is -0.882. The first-order chi connectivity index (χ1) is 9.25. The first-order valence-electron chi connectivity index (χ1n) is 4.90. The normalized spacial score (nSPS) is 13.4. The zero-order valence-corrected chi connectivity index (χ0v) is 10.6. The van der Waals surface area contributed by atoms with Gasteiger partial charge < -0.3 is 4.57 Å². The molecule has 1 heterocycles. The van der Waals surface area contributed by atoms with Gasteiger partial charge in [-0.05, 0) is 12.1 Å². The Hall–Kier alpha value is -1.49. The van der Waals surface area contributed by atoms with E-state index in [2.05, 4.69) is 0 Å². The third-order valence-corrected chi connectivity index (χ3v) is 2.83. The highest BCUT2D eigenvalue weighted by Gasteiger charge is 2.77. The summed E-state index contributed by atoms with van der Waals surface area (Å²) >= 11 is 5.43. The summed E-state index contributed by atoms with van der Waals surface area (Å²) < 4.78 is 87.7. The quantitative estimate of drug-likeness (QED) is 0.473. The van der Waals surface area contributed by atoms with Crippen molar-refractivity contribution in [3.05, 3.63) is 23.0 Å². The van der Waals surface area contributed by atoms with Crippen LogP contribution in [0.2, 0.25) is 5.15 Å². The van der Waals surface area contributed by atoms with Gasteiger partial charge in [-0.1, -0.05) is 16.8 Å². The standard InChI is InChI=1S/C9H5ClF7N2O2/c1-18-4(2-3-5(18)10)6(20)19(21)9(16,17)7(11,12)8(13,14)15/h2-3H,1H3. The lowest BCUT2D eigenvalue weighted by Crippen LogP contribution is -2.61. The van der Waals surface area contributed by atoms with Crippen LogP contribution in [0.15, 0.2) is 12.1 Å². The Labute approximate surface area is 117 Å². The second kappa shape index (κ2) is 5.05. The van der Waals surface area contributed by atoms with Crippen molar-refractivity contribution < 1.29 is 40.7 Å². The van der Waals surface area contributed by atoms with Crippen LogP contribution in [-0.4, -0.2) is 33.7 Å². The lowest BCUT2D eigenvalue weighted by Gasteiger charge is -2.31. The number of rotatable bonds is 3. The Bertz CT molecular complexity index is 555. The minimum absolute atomic E-state index is 0.224. The molecular formula is C9H5ClF7N2O2. The monoisotopic (exact) mass is 341 g/mol. The van der Waals surface area contributed by atoms with Crippen LogP contribution in [0.1, 0.15) is 10.5 Å². The minimum Gasteiger partial charge on any atom is -0.331 e. The molecule has 1 amide bonds. The van der Waals surface area contributed by atoms with E-state index in [1.54, 1.807) is 0 Å². The molecule has 0 unspecified atom stereocenters. The van der Waals surface area contributed by atoms with Crippen LogP contribution >= 0.6 is 11.6 Å². The smallest absolute Gasteiger partial charge is 0.331 e. The first-order valence-corrected chi connectivity index (χ1v) is 5.28. The van der Waals surface area contributed by atoms with Crippen molar-refractivity contribution in [3.63, 3.8) is 0 Å². The van der Waals surface area contributed by atoms with Crippen LogP contribution in [0.4, 0.5) is 30.7 Å². The third-order valence-electron chi connectivity index (χ3n) is 2.45. The number of carbonyl (C=O) groups excluding carboxylic acids is 1. The summed E-state index contributed by atoms with van der Waals surface area (Å²) in [5.74, 6) is -9.01. The molecule has 0 N–H and O–H groups in total. The van der Waals surface area contributed by atoms with Gasteiger partial charge in [-0.25, -0.2) is 0 Å². The van der Waals surface area contributed by atoms with Gasteiger partial charge in [0, 0.05) is 7.05 Å². The molecule has 21 heavy (non-hydrogen) atoms. The predicted octanol–water partition coefficient (Wildman–Crippen LogP) is 3.26. The van der Waals surface area contributed by atoms with Crippen molar-refractivity contribution in [1.29, 1.82) is 0 Å². The molecule has 1 rings (SSSR count). The largest absolute Gasteiger partial charge is 0.462 e. The molecule has 0 saturated heterocycles. The van der Waals surface area contributed by atoms with E-state index in [9.17, 15) is 40.7 Å². The van der Waals surface area contributed by atoms with E-state index in [1.165, 1.54) is 0 Å². The molecule has 0 fully saturated rings. The molecule has 0 aliphatic carbocycles. The van der Waals surface area contributed by atoms with E-state index in [1.807, 2.05) is 0 Å². The average Bonchev–Trinajstić information content (AvgIpc) is 2.66. The molecule has 1 aromatic heterocycles. The number of aromatic nitrogens is 1. The highest BCUT2D eigenvalue weighted by molar-refractivity contribution is 6.30. The molecule has 12 heteroatoms. The molecule has 1 aromatic rings. The van der Waals surface area contributed by atoms with E-state index in [0.717, 1.165) is 19.2 Å². The van der Waals surface area contributed by atoms with Crippen LogP contribution in [0, 0.1) is 0 Å². The number of hydrogen-bond acceptors (Lipinski definition) is 1. The molecular weight excluding hydrogens is 337 g/mol. The van der Waals surface area contributed by atoms with Crippen molar-refractivity contribution in [1.82, 2.24) is 9.63 Å². The molecule has 0 aromatic carbocycles. The second-order valence-electron chi connectivity index (χ2n) is 3.81. The summed E-state index contributed by atoms with van der Waals surface area (Å²) in [4.78, 5) is 11.4. The zero-order chi connectivity index (χ0) is 16.8. The van der Waals surface area contributed by atoms with Gasteiger partial charge >= 0.3 is 24.1 Å². The van der Waals surface area contributed by atoms with E-state index in [4.69, 9.17) is 11.6 Å². The van der Waals surface area contributed by atoms with Gasteiger partial charge in [0.05, 0.1) is 0 Å². The first kappa shape index (κ1) is 17.6. The summed E-state index contributed by atoms with van der Waals surface area (Å²) in [6.45, 7) is 0. The minimum atomic E-state index is -6.72. The van der Waals surface area contributed by atoms with Gasteiger partial charge in [0.15, 0.2) is 0 Å². The van der Waals surface area contributed by atoms with E-state index in [-0.39, 0.29) is 5.15 Å². The highest BCUT2D eigenvalue weighted by Crippen LogP contribution is 2.48. The molecule has 0 atom stereocenters. The maximum Gasteiger partial charge on any atom is 0.462 e. The van der Waals surface area contributed by atoms with Crippen LogP contribution in [0.5, 0.6) is 0 Å². The molecule has 0 bridgehead atoms. The van der Waals surface area contributed by atoms with Gasteiger partial charge in [0.1, 0.15) is 10.8 Å². The van der Waals surface area contributed by atoms with Gasteiger partial charge in [-0.15, -0.1) is 5.06 Å². The van der Waals surface area contributed by atoms with Gasteiger partial charge in [0.25, 0.3) is 0 Å². The summed E-state index contributed by atoms with van der Waals surface area (Å²) in [6.07, 6.45) is -6.72. The van der Waals surface area contributed by atoms with Crippen molar-refractivity contribution in [3.8, 4) is 0 Å². The number of carbonyl (C=O) groups is 1. The van der Waals surface area contributed by atoms with Crippen molar-refractivity contribution >= 4 is 17.5 Å². The summed E-state index contributed by atoms with van der Waals surface area (Å²) in [6, 6.07) is -4.64. The van der Waals surface area contributed by atoms with Crippen LogP contribution in [0.25, 0.3) is 0 Å². The maximum absolute atomic E-state index is 13.0. The number of amides is 1. The fourth-order valence-electron chi connectivity index (χ4n) is 1.23. The van der Waals surface area contributed by atoms with E-state index >= 15 is 0 Å². The summed E-state index contributed by atoms with van der Waals surface area (Å²) in [5, 5.41) is 8.56. The summed E-state index contributed by atoms with van der Waals surface area (Å²) in [7, 11) is 1.02. The predicted molar refractivity (Wildman–Crippen MR) is 53.2 cm³/mol. The van der Waals surface area contributed by atoms with Crippen molar-refractivity contribution in [2.75, 3.05) is 0 Å². The van der Waals surface area contributed by atoms with E-state index in [0.29, 0.717) is 4.57 Å². The molecule has 0 saturated carbocycles. The van der Waals surface area contributed by atoms with Gasteiger partial charge in [0.2, 0.25) is 0 Å². The Kier molecular flexibility index (Phi) is 4.23. The Morgan fingerprint density at radius 3 is 1.95 bits per heavy atom. The molecule has 0 spiro atoms. The van der Waals surface area contributed by atoms with Crippen LogP contribution < -0.4 is 0 Å². The zero-order valence-electron chi connectivity index (χ0n) is 9.89. The fraction of sp³-hybridized carbons (Fsp3) is 0.444. The lowest BCUT2D eigenvalue weighted by atomic mass is 10.2. The van der Waals surface area contributed by atoms with Crippen molar-refractivity contribution in [2.45, 2.75) is 18.1 Å². The van der Waals surface area contributed by atoms with E-state index < -0.39 is 34.8 Å².